The first-order valence-electron chi connectivity index (χ1n) is 19.2. The Kier molecular flexibility index (Phi) is 17.6. The van der Waals surface area contributed by atoms with Crippen molar-refractivity contribution < 1.29 is 33.9 Å². The molecule has 0 aromatic heterocycles. The van der Waals surface area contributed by atoms with E-state index in [4.69, 9.17) is 10.8 Å². The first-order valence-corrected chi connectivity index (χ1v) is 19.2. The number of aliphatic carboxylic acids is 1. The van der Waals surface area contributed by atoms with E-state index in [0.29, 0.717) is 25.7 Å². The van der Waals surface area contributed by atoms with Crippen molar-refractivity contribution in [2.75, 3.05) is 0 Å². The van der Waals surface area contributed by atoms with Gasteiger partial charge < -0.3 is 0 Å². The fraction of sp³-hybridized carbons (Fsp3) is 0.625. The van der Waals surface area contributed by atoms with Crippen LogP contribution in [0, 0.1) is 17.8 Å². The second-order valence-electron chi connectivity index (χ2n) is 15.7. The van der Waals surface area contributed by atoms with E-state index in [1.165, 1.54) is 0 Å². The fourth-order valence-electron chi connectivity index (χ4n) is 7.60. The molecule has 0 radical (unpaired) electrons. The topological polar surface area (TPSA) is 173 Å². The number of nitrogens with one attached hydrogen (secondary N) is 2. The molecule has 2 amide bonds. The first-order chi connectivity index (χ1) is 25.0. The minimum absolute atomic E-state index is 0.0131. The fourth-order valence-corrected chi connectivity index (χ4v) is 7.60. The van der Waals surface area contributed by atoms with Gasteiger partial charge in [-0.2, -0.15) is 0 Å². The van der Waals surface area contributed by atoms with Crippen molar-refractivity contribution in [1.82, 2.24) is 10.6 Å². The molecule has 13 heteroatoms. The van der Waals surface area contributed by atoms with E-state index < -0.39 is 35.9 Å². The number of nitrogens with two attached hydrogens (primary N) is 1. The van der Waals surface area contributed by atoms with E-state index in [0.717, 1.165) is 71.6 Å². The molecule has 3 saturated carbocycles. The number of allylic oxidation sites excluding steroid dienone is 3. The number of ketones is 3. The van der Waals surface area contributed by atoms with Gasteiger partial charge in [0.1, 0.15) is 0 Å². The molecule has 0 heterocycles. The van der Waals surface area contributed by atoms with Crippen molar-refractivity contribution in [1.29, 1.82) is 0 Å². The molecule has 6 atom stereocenters. The number of carbonyl (C=O) groups is 6. The van der Waals surface area contributed by atoms with Crippen molar-refractivity contribution in [3.05, 3.63) is 36.5 Å². The van der Waals surface area contributed by atoms with Gasteiger partial charge in [0.05, 0.1) is 0 Å². The van der Waals surface area contributed by atoms with Crippen LogP contribution in [0.15, 0.2) is 36.5 Å². The monoisotopic (exact) mass is 725 g/mol. The van der Waals surface area contributed by atoms with Crippen LogP contribution < -0.4 is 16.4 Å². The SMILES string of the molecule is B=C1CCC(CC(=O)C(N)CCC(=O)NC(CCC(=O)NC(CCCC(=O)O)C(=O)CC2CCC(=B)C(=C)C2)C(=O)CC2CCC(=B)C(=C)C2)CC1=C. The quantitative estimate of drug-likeness (QED) is 0.131. The van der Waals surface area contributed by atoms with E-state index in [2.05, 4.69) is 52.8 Å². The molecule has 3 fully saturated rings. The van der Waals surface area contributed by atoms with Gasteiger partial charge in [-0.25, -0.2) is 0 Å². The number of rotatable bonds is 21. The predicted octanol–water partition coefficient (Wildman–Crippen LogP) is 2.26. The maximum absolute atomic E-state index is 13.7. The van der Waals surface area contributed by atoms with Crippen molar-refractivity contribution in [3.63, 3.8) is 0 Å². The van der Waals surface area contributed by atoms with Crippen LogP contribution in [0.3, 0.4) is 0 Å². The minimum atomic E-state index is -0.986. The Morgan fingerprint density at radius 3 is 1.40 bits per heavy atom. The summed E-state index contributed by atoms with van der Waals surface area (Å²) in [4.78, 5) is 77.6. The zero-order chi connectivity index (χ0) is 39.2. The van der Waals surface area contributed by atoms with Gasteiger partial charge in [0.2, 0.25) is 0 Å². The summed E-state index contributed by atoms with van der Waals surface area (Å²) in [7, 11) is 12.1. The van der Waals surface area contributed by atoms with Gasteiger partial charge in [-0.1, -0.05) is 0 Å². The number of Topliss-reactive ketones (excluding diaryl/α,β-unsaturated/α-hetero) is 3. The molecule has 6 unspecified atom stereocenters. The summed E-state index contributed by atoms with van der Waals surface area (Å²) in [5.41, 5.74) is 12.0. The molecule has 5 N–H and O–H groups in total. The summed E-state index contributed by atoms with van der Waals surface area (Å²) >= 11 is 0. The molecule has 10 nitrogen and oxygen atoms in total. The summed E-state index contributed by atoms with van der Waals surface area (Å²) in [6.45, 7) is 12.2. The van der Waals surface area contributed by atoms with Crippen LogP contribution in [-0.4, -0.2) is 97.2 Å². The maximum atomic E-state index is 13.7. The summed E-state index contributed by atoms with van der Waals surface area (Å²) < 4.78 is 0. The standard InChI is InChI=1S/C40H58B3N3O7/c1-23-17-26(7-10-29(23)41)20-35(47)32(44)13-15-38(50)46-34(37(49)22-28-9-12-31(43)25(3)19-28)14-16-39(51)45-33(5-4-6-40(52)53)36(48)21-27-8-11-30(42)24(2)18-27/h26-28,32-34,41-43H,1-22,44H2,(H,45,51)(H,46,50)(H,52,53). The van der Waals surface area contributed by atoms with Crippen LogP contribution in [0.4, 0.5) is 0 Å². The molecule has 0 bridgehead atoms. The van der Waals surface area contributed by atoms with E-state index >= 15 is 0 Å². The molecule has 0 aromatic carbocycles. The Hall–Kier alpha value is -3.60. The number of carboxylic acids is 1. The molecule has 3 rings (SSSR count). The van der Waals surface area contributed by atoms with E-state index in [9.17, 15) is 28.8 Å². The molecule has 0 spiro atoms. The third-order valence-corrected chi connectivity index (χ3v) is 11.2. The van der Waals surface area contributed by atoms with Crippen molar-refractivity contribution in [2.45, 2.75) is 140 Å². The average molecular weight is 725 g/mol. The number of amides is 2. The van der Waals surface area contributed by atoms with Crippen LogP contribution in [0.1, 0.15) is 122 Å². The van der Waals surface area contributed by atoms with Crippen LogP contribution >= 0.6 is 0 Å². The van der Waals surface area contributed by atoms with Gasteiger partial charge in [0.25, 0.3) is 0 Å². The number of hydrogen-bond acceptors (Lipinski definition) is 7. The molecule has 3 aliphatic carbocycles. The van der Waals surface area contributed by atoms with Gasteiger partial charge in [-0.15, -0.1) is 0 Å². The molecule has 53 heavy (non-hydrogen) atoms. The van der Waals surface area contributed by atoms with Crippen molar-refractivity contribution in [2.24, 2.45) is 23.5 Å². The third-order valence-electron chi connectivity index (χ3n) is 11.2. The Bertz CT molecular complexity index is 1520. The molecule has 0 aromatic rings. The molecule has 0 saturated heterocycles. The predicted molar refractivity (Wildman–Crippen MR) is 217 cm³/mol. The van der Waals surface area contributed by atoms with Crippen molar-refractivity contribution >= 4 is 74.0 Å². The van der Waals surface area contributed by atoms with Gasteiger partial charge >= 0.3 is 319 Å². The van der Waals surface area contributed by atoms with Gasteiger partial charge in [-0.05, 0) is 0 Å². The van der Waals surface area contributed by atoms with Gasteiger partial charge in [0, 0.05) is 0 Å². The number of hydrogen-bond donors (Lipinski definition) is 4. The Morgan fingerprint density at radius 1 is 0.623 bits per heavy atom. The van der Waals surface area contributed by atoms with Crippen LogP contribution in [0.2, 0.25) is 0 Å². The molecular weight excluding hydrogens is 667 g/mol. The normalized spacial score (nSPS) is 22.4. The first kappa shape index (κ1) is 43.8. The zero-order valence-electron chi connectivity index (χ0n) is 31.6. The van der Waals surface area contributed by atoms with Crippen LogP contribution in [0.25, 0.3) is 0 Å². The second-order valence-corrected chi connectivity index (χ2v) is 15.7. The second kappa shape index (κ2) is 21.3. The third kappa shape index (κ3) is 15.0. The average Bonchev–Trinajstić information content (AvgIpc) is 3.09. The number of carboxylic acid groups (broad SMARTS) is 1. The van der Waals surface area contributed by atoms with Crippen LogP contribution in [0.5, 0.6) is 0 Å². The zero-order valence-corrected chi connectivity index (χ0v) is 31.6. The van der Waals surface area contributed by atoms with E-state index in [1.807, 2.05) is 0 Å². The Labute approximate surface area is 317 Å². The van der Waals surface area contributed by atoms with Gasteiger partial charge in [0.15, 0.2) is 0 Å². The number of carbonyl (C=O) groups excluding carboxylic acids is 5. The van der Waals surface area contributed by atoms with E-state index in [1.54, 1.807) is 0 Å². The molecule has 3 aliphatic rings. The van der Waals surface area contributed by atoms with E-state index in [-0.39, 0.29) is 92.9 Å². The summed E-state index contributed by atoms with van der Waals surface area (Å²) in [6, 6.07) is -2.64. The summed E-state index contributed by atoms with van der Waals surface area (Å²) in [6.07, 6.45) is 7.66. The van der Waals surface area contributed by atoms with Crippen LogP contribution in [-0.2, 0) is 28.8 Å². The Balaban J connectivity index is 1.61. The molecule has 284 valence electrons. The summed E-state index contributed by atoms with van der Waals surface area (Å²) in [5, 5.41) is 14.8. The van der Waals surface area contributed by atoms with Crippen molar-refractivity contribution in [3.8, 4) is 0 Å². The summed E-state index contributed by atoms with van der Waals surface area (Å²) in [5.74, 6) is -2.11. The molecular formula is C40H58B3N3O7. The van der Waals surface area contributed by atoms with Gasteiger partial charge in [-0.3, -0.25) is 0 Å². The Morgan fingerprint density at radius 2 is 1.00 bits per heavy atom. The molecule has 0 aliphatic heterocycles.